The molecule has 3 atom stereocenters. The van der Waals surface area contributed by atoms with Crippen molar-refractivity contribution in [1.29, 1.82) is 0 Å². The average Bonchev–Trinajstić information content (AvgIpc) is 3.36. The van der Waals surface area contributed by atoms with Crippen LogP contribution in [0.1, 0.15) is 18.5 Å². The Morgan fingerprint density at radius 1 is 0.889 bits per heavy atom. The van der Waals surface area contributed by atoms with E-state index in [2.05, 4.69) is 4.74 Å². The predicted octanol–water partition coefficient (Wildman–Crippen LogP) is 5.04. The van der Waals surface area contributed by atoms with Crippen LogP contribution in [0.4, 0.5) is 24.5 Å². The van der Waals surface area contributed by atoms with Gasteiger partial charge in [0, 0.05) is 0 Å². The molecule has 7 nitrogen and oxygen atoms in total. The topological polar surface area (TPSA) is 68.3 Å². The van der Waals surface area contributed by atoms with Crippen molar-refractivity contribution in [3.63, 3.8) is 0 Å². The van der Waals surface area contributed by atoms with Gasteiger partial charge < -0.3 is 9.47 Å². The van der Waals surface area contributed by atoms with Crippen LogP contribution in [0.3, 0.4) is 0 Å². The van der Waals surface area contributed by atoms with Crippen molar-refractivity contribution in [2.45, 2.75) is 25.4 Å². The Bertz CT molecular complexity index is 1270. The zero-order chi connectivity index (χ0) is 25.4. The van der Waals surface area contributed by atoms with Crippen LogP contribution >= 0.6 is 0 Å². The highest BCUT2D eigenvalue weighted by Gasteiger charge is 2.60. The first kappa shape index (κ1) is 23.7. The first-order valence-electron chi connectivity index (χ1n) is 11.2. The second-order valence-electron chi connectivity index (χ2n) is 8.19. The largest absolute Gasteiger partial charge is 0.573 e. The van der Waals surface area contributed by atoms with Gasteiger partial charge in [-0.05, 0) is 48.9 Å². The van der Waals surface area contributed by atoms with E-state index < -0.39 is 42.0 Å². The lowest BCUT2D eigenvalue weighted by Gasteiger charge is -2.29. The second-order valence-corrected chi connectivity index (χ2v) is 8.19. The highest BCUT2D eigenvalue weighted by molar-refractivity contribution is 6.24. The second kappa shape index (κ2) is 9.19. The summed E-state index contributed by atoms with van der Waals surface area (Å²) in [5, 5.41) is 1.47. The Morgan fingerprint density at radius 3 is 2.22 bits per heavy atom. The summed E-state index contributed by atoms with van der Waals surface area (Å²) in [5.74, 6) is -1.99. The fourth-order valence-electron chi connectivity index (χ4n) is 4.58. The number of amides is 2. The third-order valence-corrected chi connectivity index (χ3v) is 5.99. The van der Waals surface area contributed by atoms with E-state index in [0.29, 0.717) is 29.3 Å². The molecule has 2 saturated heterocycles. The fourth-order valence-corrected chi connectivity index (χ4v) is 4.58. The van der Waals surface area contributed by atoms with Crippen LogP contribution < -0.4 is 19.4 Å². The Balaban J connectivity index is 1.54. The van der Waals surface area contributed by atoms with Crippen molar-refractivity contribution in [2.24, 2.45) is 5.92 Å². The monoisotopic (exact) mass is 498 g/mol. The molecule has 0 spiro atoms. The third kappa shape index (κ3) is 4.24. The molecule has 186 valence electrons. The SMILES string of the molecule is CCOc1ccccc1N1C(=O)[C@H]2[C@@H](ON(c3ccccc3)[C@H]2c2ccc(OC(F)(F)F)cc2)C1=O. The number of hydroxylamine groups is 1. The predicted molar refractivity (Wildman–Crippen MR) is 123 cm³/mol. The molecule has 2 aliphatic rings. The van der Waals surface area contributed by atoms with Crippen molar-refractivity contribution < 1.29 is 37.1 Å². The number of carbonyl (C=O) groups excluding carboxylic acids is 2. The maximum Gasteiger partial charge on any atom is 0.573 e. The zero-order valence-electron chi connectivity index (χ0n) is 19.0. The summed E-state index contributed by atoms with van der Waals surface area (Å²) in [6, 6.07) is 20.0. The third-order valence-electron chi connectivity index (χ3n) is 5.99. The lowest BCUT2D eigenvalue weighted by molar-refractivity contribution is -0.274. The van der Waals surface area contributed by atoms with Crippen molar-refractivity contribution in [1.82, 2.24) is 0 Å². The van der Waals surface area contributed by atoms with E-state index in [1.165, 1.54) is 29.3 Å². The molecule has 2 fully saturated rings. The van der Waals surface area contributed by atoms with Crippen molar-refractivity contribution >= 4 is 23.2 Å². The number of halogens is 3. The van der Waals surface area contributed by atoms with Gasteiger partial charge in [0.15, 0.2) is 6.10 Å². The number of alkyl halides is 3. The molecule has 0 aromatic heterocycles. The van der Waals surface area contributed by atoms with Gasteiger partial charge in [0.2, 0.25) is 5.91 Å². The first-order chi connectivity index (χ1) is 17.3. The fraction of sp³-hybridized carbons (Fsp3) is 0.231. The number of hydrogen-bond donors (Lipinski definition) is 0. The maximum absolute atomic E-state index is 13.7. The van der Waals surface area contributed by atoms with Gasteiger partial charge in [0.05, 0.1) is 24.0 Å². The molecule has 0 bridgehead atoms. The maximum atomic E-state index is 13.7. The highest BCUT2D eigenvalue weighted by Crippen LogP contribution is 2.48. The number of ether oxygens (including phenoxy) is 2. The van der Waals surface area contributed by atoms with E-state index in [1.807, 2.05) is 0 Å². The molecule has 0 saturated carbocycles. The number of hydrogen-bond acceptors (Lipinski definition) is 6. The van der Waals surface area contributed by atoms with Crippen molar-refractivity contribution in [3.8, 4) is 11.5 Å². The molecule has 3 aromatic carbocycles. The van der Waals surface area contributed by atoms with E-state index in [9.17, 15) is 22.8 Å². The lowest BCUT2D eigenvalue weighted by Crippen LogP contribution is -2.37. The number of fused-ring (bicyclic) bond motifs is 1. The van der Waals surface area contributed by atoms with Crippen LogP contribution in [-0.2, 0) is 14.4 Å². The van der Waals surface area contributed by atoms with E-state index in [-0.39, 0.29) is 0 Å². The molecule has 10 heteroatoms. The minimum absolute atomic E-state index is 0.311. The molecule has 0 unspecified atom stereocenters. The van der Waals surface area contributed by atoms with E-state index in [1.54, 1.807) is 61.5 Å². The van der Waals surface area contributed by atoms with Gasteiger partial charge in [0.25, 0.3) is 5.91 Å². The van der Waals surface area contributed by atoms with E-state index in [4.69, 9.17) is 9.57 Å². The normalized spacial score (nSPS) is 21.6. The van der Waals surface area contributed by atoms with Gasteiger partial charge in [-0.2, -0.15) is 0 Å². The Kier molecular flexibility index (Phi) is 6.05. The summed E-state index contributed by atoms with van der Waals surface area (Å²) in [4.78, 5) is 34.3. The van der Waals surface area contributed by atoms with Gasteiger partial charge in [-0.25, -0.2) is 9.96 Å². The summed E-state index contributed by atoms with van der Waals surface area (Å²) in [6.45, 7) is 2.13. The quantitative estimate of drug-likeness (QED) is 0.444. The van der Waals surface area contributed by atoms with E-state index in [0.717, 1.165) is 4.90 Å². The number of rotatable bonds is 6. The summed E-state index contributed by atoms with van der Waals surface area (Å²) in [6.07, 6.45) is -5.95. The molecule has 36 heavy (non-hydrogen) atoms. The highest BCUT2D eigenvalue weighted by atomic mass is 19.4. The summed E-state index contributed by atoms with van der Waals surface area (Å²) in [7, 11) is 0. The lowest BCUT2D eigenvalue weighted by atomic mass is 9.90. The summed E-state index contributed by atoms with van der Waals surface area (Å²) >= 11 is 0. The smallest absolute Gasteiger partial charge is 0.492 e. The molecule has 3 aromatic rings. The minimum Gasteiger partial charge on any atom is -0.492 e. The van der Waals surface area contributed by atoms with Crippen molar-refractivity contribution in [3.05, 3.63) is 84.4 Å². The molecule has 2 amide bonds. The number of nitrogens with zero attached hydrogens (tertiary/aromatic N) is 2. The number of anilines is 2. The molecular formula is C26H21F3N2O5. The van der Waals surface area contributed by atoms with Gasteiger partial charge in [-0.15, -0.1) is 13.2 Å². The molecule has 2 heterocycles. The summed E-state index contributed by atoms with van der Waals surface area (Å²) in [5.41, 5.74) is 1.39. The van der Waals surface area contributed by atoms with Crippen LogP contribution in [0.5, 0.6) is 11.5 Å². The van der Waals surface area contributed by atoms with Crippen LogP contribution in [0, 0.1) is 5.92 Å². The minimum atomic E-state index is -4.83. The standard InChI is InChI=1S/C26H21F3N2O5/c1-2-34-20-11-7-6-10-19(20)30-24(32)21-22(16-12-14-18(15-13-16)35-26(27,28)29)31(36-23(21)25(30)33)17-8-4-3-5-9-17/h3-15,21-23H,2H2,1H3/t21-,22+,23-/m1/s1. The number of carbonyl (C=O) groups is 2. The molecule has 0 aliphatic carbocycles. The first-order valence-corrected chi connectivity index (χ1v) is 11.2. The van der Waals surface area contributed by atoms with Gasteiger partial charge in [-0.1, -0.05) is 42.5 Å². The number of imide groups is 1. The Hall–Kier alpha value is -4.05. The van der Waals surface area contributed by atoms with Gasteiger partial charge >= 0.3 is 6.36 Å². The molecule has 0 radical (unpaired) electrons. The molecule has 0 N–H and O–H groups in total. The zero-order valence-corrected chi connectivity index (χ0v) is 19.0. The molecule has 2 aliphatic heterocycles. The summed E-state index contributed by atoms with van der Waals surface area (Å²) < 4.78 is 47.5. The average molecular weight is 498 g/mol. The van der Waals surface area contributed by atoms with Crippen LogP contribution in [-0.4, -0.2) is 30.9 Å². The van der Waals surface area contributed by atoms with Crippen LogP contribution in [0.25, 0.3) is 0 Å². The van der Waals surface area contributed by atoms with Crippen molar-refractivity contribution in [2.75, 3.05) is 16.6 Å². The molecule has 5 rings (SSSR count). The van der Waals surface area contributed by atoms with Crippen LogP contribution in [0.2, 0.25) is 0 Å². The van der Waals surface area contributed by atoms with E-state index >= 15 is 0 Å². The van der Waals surface area contributed by atoms with Gasteiger partial charge in [-0.3, -0.25) is 14.4 Å². The van der Waals surface area contributed by atoms with Gasteiger partial charge in [0.1, 0.15) is 17.4 Å². The number of benzene rings is 3. The number of para-hydroxylation sites is 3. The Morgan fingerprint density at radius 2 is 1.56 bits per heavy atom. The Labute approximate surface area is 204 Å². The molecular weight excluding hydrogens is 477 g/mol. The van der Waals surface area contributed by atoms with Crippen LogP contribution in [0.15, 0.2) is 78.9 Å².